The monoisotopic (exact) mass is 543 g/mol. The number of likely N-dealkylation sites (tertiary alicyclic amines) is 1. The molecule has 1 atom stereocenters. The number of ether oxygens (including phenoxy) is 1. The van der Waals surface area contributed by atoms with Crippen molar-refractivity contribution in [1.82, 2.24) is 20.4 Å². The third-order valence-electron chi connectivity index (χ3n) is 5.56. The van der Waals surface area contributed by atoms with Gasteiger partial charge in [0.15, 0.2) is 5.96 Å². The Labute approximate surface area is 204 Å². The molecule has 1 aromatic rings. The molecule has 0 spiro atoms. The van der Waals surface area contributed by atoms with E-state index in [1.165, 1.54) is 11.1 Å². The highest BCUT2D eigenvalue weighted by atomic mass is 127. The SMILES string of the molecule is CCNC(=NCc1cccc(CN2CCOC(C)C2)c1)NCCCN1CCCC1=O.I. The second-order valence-electron chi connectivity index (χ2n) is 8.20. The van der Waals surface area contributed by atoms with Crippen LogP contribution in [0.2, 0.25) is 0 Å². The van der Waals surface area contributed by atoms with Crippen LogP contribution in [0.3, 0.4) is 0 Å². The molecule has 2 heterocycles. The summed E-state index contributed by atoms with van der Waals surface area (Å²) in [6.07, 6.45) is 2.95. The summed E-state index contributed by atoms with van der Waals surface area (Å²) in [5, 5.41) is 6.71. The number of aliphatic imine (C=N–C) groups is 1. The average Bonchev–Trinajstić information content (AvgIpc) is 3.14. The molecule has 1 amide bonds. The maximum absolute atomic E-state index is 11.7. The van der Waals surface area contributed by atoms with Crippen molar-refractivity contribution in [2.45, 2.75) is 52.3 Å². The molecular weight excluding hydrogens is 505 g/mol. The van der Waals surface area contributed by atoms with E-state index in [4.69, 9.17) is 9.73 Å². The van der Waals surface area contributed by atoms with Gasteiger partial charge in [0, 0.05) is 52.2 Å². The first-order chi connectivity index (χ1) is 14.6. The Bertz CT molecular complexity index is 715. The number of guanidine groups is 1. The lowest BCUT2D eigenvalue weighted by atomic mass is 10.1. The van der Waals surface area contributed by atoms with Gasteiger partial charge >= 0.3 is 0 Å². The van der Waals surface area contributed by atoms with Crippen LogP contribution in [-0.2, 0) is 22.6 Å². The van der Waals surface area contributed by atoms with Crippen molar-refractivity contribution in [3.05, 3.63) is 35.4 Å². The minimum absolute atomic E-state index is 0. The Balaban J connectivity index is 0.00000341. The molecule has 1 aromatic carbocycles. The normalized spacial score (nSPS) is 19.9. The molecule has 0 bridgehead atoms. The van der Waals surface area contributed by atoms with Gasteiger partial charge in [-0.25, -0.2) is 4.99 Å². The molecule has 2 N–H and O–H groups in total. The van der Waals surface area contributed by atoms with Gasteiger partial charge < -0.3 is 20.3 Å². The van der Waals surface area contributed by atoms with Gasteiger partial charge in [-0.05, 0) is 37.8 Å². The maximum atomic E-state index is 11.7. The first-order valence-electron chi connectivity index (χ1n) is 11.4. The standard InChI is InChI=1S/C23H37N5O2.HI/c1-3-24-23(25-10-6-12-28-11-5-9-22(28)29)26-16-20-7-4-8-21(15-20)18-27-13-14-30-19(2)17-27;/h4,7-8,15,19H,3,5-6,9-14,16-18H2,1-2H3,(H2,24,25,26);1H. The average molecular weight is 543 g/mol. The van der Waals surface area contributed by atoms with Crippen LogP contribution in [0.4, 0.5) is 0 Å². The minimum atomic E-state index is 0. The summed E-state index contributed by atoms with van der Waals surface area (Å²) < 4.78 is 5.64. The Morgan fingerprint density at radius 2 is 2.10 bits per heavy atom. The third kappa shape index (κ3) is 8.94. The molecular formula is C23H38IN5O2. The summed E-state index contributed by atoms with van der Waals surface area (Å²) in [5.74, 6) is 1.12. The highest BCUT2D eigenvalue weighted by molar-refractivity contribution is 14.0. The van der Waals surface area contributed by atoms with Crippen molar-refractivity contribution < 1.29 is 9.53 Å². The van der Waals surface area contributed by atoms with E-state index in [-0.39, 0.29) is 24.0 Å². The van der Waals surface area contributed by atoms with E-state index in [1.807, 2.05) is 4.90 Å². The number of hydrogen-bond acceptors (Lipinski definition) is 4. The molecule has 174 valence electrons. The van der Waals surface area contributed by atoms with Gasteiger partial charge in [0.1, 0.15) is 0 Å². The summed E-state index contributed by atoms with van der Waals surface area (Å²) in [6, 6.07) is 8.71. The highest BCUT2D eigenvalue weighted by Gasteiger charge is 2.19. The number of amides is 1. The Morgan fingerprint density at radius 3 is 2.84 bits per heavy atom. The quantitative estimate of drug-likeness (QED) is 0.217. The Morgan fingerprint density at radius 1 is 1.26 bits per heavy atom. The largest absolute Gasteiger partial charge is 0.376 e. The van der Waals surface area contributed by atoms with Gasteiger partial charge in [0.05, 0.1) is 19.3 Å². The lowest BCUT2D eigenvalue weighted by Gasteiger charge is -2.31. The summed E-state index contributed by atoms with van der Waals surface area (Å²) in [7, 11) is 0. The lowest BCUT2D eigenvalue weighted by Crippen LogP contribution is -2.40. The Hall–Kier alpha value is -1.39. The van der Waals surface area contributed by atoms with Gasteiger partial charge in [-0.15, -0.1) is 24.0 Å². The number of carbonyl (C=O) groups is 1. The van der Waals surface area contributed by atoms with Crippen molar-refractivity contribution in [2.75, 3.05) is 45.9 Å². The second-order valence-corrected chi connectivity index (χ2v) is 8.20. The predicted molar refractivity (Wildman–Crippen MR) is 136 cm³/mol. The van der Waals surface area contributed by atoms with Gasteiger partial charge in [-0.2, -0.15) is 0 Å². The number of nitrogens with one attached hydrogen (secondary N) is 2. The zero-order valence-corrected chi connectivity index (χ0v) is 21.3. The molecule has 0 saturated carbocycles. The molecule has 8 heteroatoms. The fourth-order valence-electron chi connectivity index (χ4n) is 4.05. The maximum Gasteiger partial charge on any atom is 0.222 e. The summed E-state index contributed by atoms with van der Waals surface area (Å²) in [5.41, 5.74) is 2.54. The number of hydrogen-bond donors (Lipinski definition) is 2. The Kier molecular flexibility index (Phi) is 11.6. The van der Waals surface area contributed by atoms with Crippen molar-refractivity contribution >= 4 is 35.8 Å². The fourth-order valence-corrected chi connectivity index (χ4v) is 4.05. The molecule has 2 saturated heterocycles. The number of morpholine rings is 1. The molecule has 3 rings (SSSR count). The van der Waals surface area contributed by atoms with Crippen molar-refractivity contribution in [3.63, 3.8) is 0 Å². The number of nitrogens with zero attached hydrogens (tertiary/aromatic N) is 3. The number of benzene rings is 1. The molecule has 0 radical (unpaired) electrons. The first-order valence-corrected chi connectivity index (χ1v) is 11.4. The minimum Gasteiger partial charge on any atom is -0.376 e. The smallest absolute Gasteiger partial charge is 0.222 e. The van der Waals surface area contributed by atoms with Crippen molar-refractivity contribution in [3.8, 4) is 0 Å². The van der Waals surface area contributed by atoms with E-state index < -0.39 is 0 Å². The van der Waals surface area contributed by atoms with Crippen LogP contribution in [0.5, 0.6) is 0 Å². The predicted octanol–water partition coefficient (Wildman–Crippen LogP) is 2.59. The van der Waals surface area contributed by atoms with E-state index >= 15 is 0 Å². The molecule has 0 aliphatic carbocycles. The summed E-state index contributed by atoms with van der Waals surface area (Å²) in [6.45, 7) is 12.0. The zero-order valence-electron chi connectivity index (χ0n) is 18.9. The van der Waals surface area contributed by atoms with Crippen LogP contribution in [0.25, 0.3) is 0 Å². The van der Waals surface area contributed by atoms with Crippen LogP contribution < -0.4 is 10.6 Å². The van der Waals surface area contributed by atoms with E-state index in [0.717, 1.165) is 71.2 Å². The molecule has 31 heavy (non-hydrogen) atoms. The van der Waals surface area contributed by atoms with Gasteiger partial charge in [0.2, 0.25) is 5.91 Å². The molecule has 2 aliphatic rings. The first kappa shape index (κ1) is 25.9. The number of carbonyl (C=O) groups excluding carboxylic acids is 1. The van der Waals surface area contributed by atoms with Crippen molar-refractivity contribution in [2.24, 2.45) is 4.99 Å². The molecule has 7 nitrogen and oxygen atoms in total. The summed E-state index contributed by atoms with van der Waals surface area (Å²) in [4.78, 5) is 20.9. The fraction of sp³-hybridized carbons (Fsp3) is 0.652. The molecule has 2 fully saturated rings. The van der Waals surface area contributed by atoms with E-state index in [2.05, 4.69) is 53.6 Å². The van der Waals surface area contributed by atoms with Crippen molar-refractivity contribution in [1.29, 1.82) is 0 Å². The van der Waals surface area contributed by atoms with Crippen LogP contribution in [0.1, 0.15) is 44.2 Å². The molecule has 0 aromatic heterocycles. The second kappa shape index (κ2) is 13.9. The van der Waals surface area contributed by atoms with E-state index in [1.54, 1.807) is 0 Å². The highest BCUT2D eigenvalue weighted by Crippen LogP contribution is 2.13. The van der Waals surface area contributed by atoms with Gasteiger partial charge in [0.25, 0.3) is 0 Å². The van der Waals surface area contributed by atoms with Gasteiger partial charge in [-0.3, -0.25) is 9.69 Å². The van der Waals surface area contributed by atoms with E-state index in [9.17, 15) is 4.79 Å². The zero-order chi connectivity index (χ0) is 21.2. The number of halogens is 1. The van der Waals surface area contributed by atoms with Crippen LogP contribution in [-0.4, -0.2) is 73.6 Å². The third-order valence-corrected chi connectivity index (χ3v) is 5.56. The van der Waals surface area contributed by atoms with E-state index in [0.29, 0.717) is 25.0 Å². The van der Waals surface area contributed by atoms with Gasteiger partial charge in [-0.1, -0.05) is 24.3 Å². The lowest BCUT2D eigenvalue weighted by molar-refractivity contribution is -0.127. The van der Waals surface area contributed by atoms with Crippen LogP contribution in [0, 0.1) is 0 Å². The topological polar surface area (TPSA) is 69.2 Å². The number of rotatable bonds is 9. The van der Waals surface area contributed by atoms with Crippen LogP contribution in [0.15, 0.2) is 29.3 Å². The molecule has 1 unspecified atom stereocenters. The molecule has 2 aliphatic heterocycles. The summed E-state index contributed by atoms with van der Waals surface area (Å²) >= 11 is 0. The van der Waals surface area contributed by atoms with Crippen LogP contribution >= 0.6 is 24.0 Å².